The van der Waals surface area contributed by atoms with Gasteiger partial charge in [0.05, 0.1) is 22.3 Å². The van der Waals surface area contributed by atoms with Gasteiger partial charge < -0.3 is 15.2 Å². The fourth-order valence-electron chi connectivity index (χ4n) is 2.34. The fraction of sp³-hybridized carbons (Fsp3) is 0.250. The maximum absolute atomic E-state index is 12.2. The lowest BCUT2D eigenvalue weighted by molar-refractivity contribution is -0.116. The second-order valence-electron chi connectivity index (χ2n) is 5.41. The molecule has 0 saturated carbocycles. The van der Waals surface area contributed by atoms with E-state index in [1.54, 1.807) is 26.0 Å². The molecule has 0 saturated heterocycles. The van der Waals surface area contributed by atoms with Gasteiger partial charge >= 0.3 is 0 Å². The number of aromatic nitrogens is 2. The maximum Gasteiger partial charge on any atom is 0.230 e. The maximum atomic E-state index is 12.2. The molecule has 24 heavy (non-hydrogen) atoms. The average molecular weight is 344 g/mol. The first-order valence-corrected chi connectivity index (χ1v) is 8.14. The molecule has 0 aliphatic rings. The zero-order valence-electron chi connectivity index (χ0n) is 13.5. The van der Waals surface area contributed by atoms with Crippen molar-refractivity contribution in [3.8, 4) is 0 Å². The highest BCUT2D eigenvalue weighted by molar-refractivity contribution is 7.22. The predicted molar refractivity (Wildman–Crippen MR) is 92.2 cm³/mol. The standard InChI is InChI=1S/C16H16N4O3S/c1-8-12(9(2)23-20-8)7-15(22)19-16-18-13-5-4-11(17-10(3)21)6-14(13)24-16/h4-6H,7H2,1-3H3,(H,17,21)(H,18,19,22). The normalized spacial score (nSPS) is 10.8. The lowest BCUT2D eigenvalue weighted by Crippen LogP contribution is -2.14. The summed E-state index contributed by atoms with van der Waals surface area (Å²) in [5.41, 5.74) is 2.97. The molecule has 2 aromatic heterocycles. The lowest BCUT2D eigenvalue weighted by Gasteiger charge is -2.00. The van der Waals surface area contributed by atoms with E-state index in [9.17, 15) is 9.59 Å². The second kappa shape index (κ2) is 6.40. The van der Waals surface area contributed by atoms with Gasteiger partial charge in [-0.1, -0.05) is 16.5 Å². The number of anilines is 2. The zero-order valence-corrected chi connectivity index (χ0v) is 14.3. The summed E-state index contributed by atoms with van der Waals surface area (Å²) in [6, 6.07) is 5.42. The van der Waals surface area contributed by atoms with Crippen LogP contribution in [-0.2, 0) is 16.0 Å². The SMILES string of the molecule is CC(=O)Nc1ccc2nc(NC(=O)Cc3c(C)noc3C)sc2c1. The number of nitrogens with one attached hydrogen (secondary N) is 2. The van der Waals surface area contributed by atoms with E-state index in [0.717, 1.165) is 15.8 Å². The van der Waals surface area contributed by atoms with Crippen LogP contribution in [0, 0.1) is 13.8 Å². The van der Waals surface area contributed by atoms with Crippen LogP contribution in [0.15, 0.2) is 22.7 Å². The summed E-state index contributed by atoms with van der Waals surface area (Å²) < 4.78 is 5.94. The average Bonchev–Trinajstić information content (AvgIpc) is 3.03. The molecule has 8 heteroatoms. The molecule has 0 aliphatic carbocycles. The molecule has 1 aromatic carbocycles. The number of fused-ring (bicyclic) bond motifs is 1. The monoisotopic (exact) mass is 344 g/mol. The number of hydrogen-bond acceptors (Lipinski definition) is 6. The minimum absolute atomic E-state index is 0.133. The van der Waals surface area contributed by atoms with E-state index in [4.69, 9.17) is 4.52 Å². The molecule has 3 aromatic rings. The number of aryl methyl sites for hydroxylation is 2. The highest BCUT2D eigenvalue weighted by Crippen LogP contribution is 2.28. The van der Waals surface area contributed by atoms with Crippen LogP contribution in [0.3, 0.4) is 0 Å². The Kier molecular flexibility index (Phi) is 4.30. The van der Waals surface area contributed by atoms with E-state index in [1.807, 2.05) is 6.07 Å². The Hall–Kier alpha value is -2.74. The van der Waals surface area contributed by atoms with Crippen molar-refractivity contribution in [3.05, 3.63) is 35.2 Å². The van der Waals surface area contributed by atoms with E-state index < -0.39 is 0 Å². The first-order chi connectivity index (χ1) is 11.4. The minimum atomic E-state index is -0.175. The summed E-state index contributed by atoms with van der Waals surface area (Å²) in [6.07, 6.45) is 0.189. The fourth-order valence-corrected chi connectivity index (χ4v) is 3.26. The zero-order chi connectivity index (χ0) is 17.3. The number of carbonyl (C=O) groups is 2. The number of rotatable bonds is 4. The molecule has 0 radical (unpaired) electrons. The van der Waals surface area contributed by atoms with Crippen LogP contribution in [-0.4, -0.2) is 22.0 Å². The van der Waals surface area contributed by atoms with Crippen molar-refractivity contribution in [1.82, 2.24) is 10.1 Å². The molecule has 2 heterocycles. The second-order valence-corrected chi connectivity index (χ2v) is 6.44. The summed E-state index contributed by atoms with van der Waals surface area (Å²) in [6.45, 7) is 5.04. The third kappa shape index (κ3) is 3.43. The first kappa shape index (κ1) is 16.1. The van der Waals surface area contributed by atoms with Crippen molar-refractivity contribution in [3.63, 3.8) is 0 Å². The van der Waals surface area contributed by atoms with Crippen LogP contribution < -0.4 is 10.6 Å². The molecule has 0 bridgehead atoms. The van der Waals surface area contributed by atoms with Gasteiger partial charge in [0.2, 0.25) is 11.8 Å². The Morgan fingerprint density at radius 3 is 2.71 bits per heavy atom. The van der Waals surface area contributed by atoms with Crippen molar-refractivity contribution in [2.45, 2.75) is 27.2 Å². The number of thiazole rings is 1. The van der Waals surface area contributed by atoms with Crippen molar-refractivity contribution in [1.29, 1.82) is 0 Å². The van der Waals surface area contributed by atoms with Gasteiger partial charge in [0.1, 0.15) is 5.76 Å². The van der Waals surface area contributed by atoms with E-state index in [-0.39, 0.29) is 18.2 Å². The van der Waals surface area contributed by atoms with E-state index >= 15 is 0 Å². The van der Waals surface area contributed by atoms with Gasteiger partial charge in [-0.05, 0) is 32.0 Å². The number of carbonyl (C=O) groups excluding carboxylic acids is 2. The van der Waals surface area contributed by atoms with Gasteiger partial charge in [0.25, 0.3) is 0 Å². The van der Waals surface area contributed by atoms with Crippen LogP contribution in [0.2, 0.25) is 0 Å². The van der Waals surface area contributed by atoms with E-state index in [1.165, 1.54) is 18.3 Å². The van der Waals surface area contributed by atoms with Crippen LogP contribution in [0.25, 0.3) is 10.2 Å². The minimum Gasteiger partial charge on any atom is -0.361 e. The Morgan fingerprint density at radius 1 is 1.25 bits per heavy atom. The smallest absolute Gasteiger partial charge is 0.230 e. The highest BCUT2D eigenvalue weighted by atomic mass is 32.1. The van der Waals surface area contributed by atoms with Crippen molar-refractivity contribution < 1.29 is 14.1 Å². The molecule has 2 amide bonds. The van der Waals surface area contributed by atoms with Crippen LogP contribution >= 0.6 is 11.3 Å². The molecule has 124 valence electrons. The van der Waals surface area contributed by atoms with Crippen LogP contribution in [0.5, 0.6) is 0 Å². The molecular weight excluding hydrogens is 328 g/mol. The van der Waals surface area contributed by atoms with Crippen molar-refractivity contribution in [2.75, 3.05) is 10.6 Å². The summed E-state index contributed by atoms with van der Waals surface area (Å²) in [5.74, 6) is 0.337. The quantitative estimate of drug-likeness (QED) is 0.758. The Morgan fingerprint density at radius 2 is 2.04 bits per heavy atom. The molecule has 0 aliphatic heterocycles. The number of nitrogens with zero attached hydrogens (tertiary/aromatic N) is 2. The molecule has 2 N–H and O–H groups in total. The third-order valence-electron chi connectivity index (χ3n) is 3.47. The number of benzene rings is 1. The van der Waals surface area contributed by atoms with Crippen molar-refractivity contribution >= 4 is 44.2 Å². The largest absolute Gasteiger partial charge is 0.361 e. The molecule has 3 rings (SSSR count). The predicted octanol–water partition coefficient (Wildman–Crippen LogP) is 3.04. The molecule has 0 unspecified atom stereocenters. The van der Waals surface area contributed by atoms with Gasteiger partial charge in [0, 0.05) is 18.2 Å². The topological polar surface area (TPSA) is 97.1 Å². The Balaban J connectivity index is 1.75. The van der Waals surface area contributed by atoms with E-state index in [2.05, 4.69) is 20.8 Å². The molecule has 0 atom stereocenters. The summed E-state index contributed by atoms with van der Waals surface area (Å²) >= 11 is 1.35. The van der Waals surface area contributed by atoms with Gasteiger partial charge in [-0.2, -0.15) is 0 Å². The molecule has 0 spiro atoms. The lowest BCUT2D eigenvalue weighted by atomic mass is 10.1. The molecule has 7 nitrogen and oxygen atoms in total. The van der Waals surface area contributed by atoms with Gasteiger partial charge in [-0.15, -0.1) is 0 Å². The highest BCUT2D eigenvalue weighted by Gasteiger charge is 2.15. The first-order valence-electron chi connectivity index (χ1n) is 7.32. The summed E-state index contributed by atoms with van der Waals surface area (Å²) in [4.78, 5) is 27.7. The number of amides is 2. The van der Waals surface area contributed by atoms with Crippen molar-refractivity contribution in [2.24, 2.45) is 0 Å². The van der Waals surface area contributed by atoms with Crippen LogP contribution in [0.1, 0.15) is 23.9 Å². The summed E-state index contributed by atoms with van der Waals surface area (Å²) in [7, 11) is 0. The number of hydrogen-bond donors (Lipinski definition) is 2. The third-order valence-corrected chi connectivity index (χ3v) is 4.41. The van der Waals surface area contributed by atoms with E-state index in [0.29, 0.717) is 22.3 Å². The molecule has 0 fully saturated rings. The van der Waals surface area contributed by atoms with Gasteiger partial charge in [0.15, 0.2) is 5.13 Å². The molecular formula is C16H16N4O3S. The Bertz CT molecular complexity index is 909. The Labute approximate surface area is 142 Å². The van der Waals surface area contributed by atoms with Gasteiger partial charge in [-0.25, -0.2) is 4.98 Å². The summed E-state index contributed by atoms with van der Waals surface area (Å²) in [5, 5.41) is 9.88. The van der Waals surface area contributed by atoms with Crippen LogP contribution in [0.4, 0.5) is 10.8 Å². The van der Waals surface area contributed by atoms with Gasteiger partial charge in [-0.3, -0.25) is 9.59 Å².